The van der Waals surface area contributed by atoms with E-state index in [0.717, 1.165) is 40.4 Å². The summed E-state index contributed by atoms with van der Waals surface area (Å²) in [6.45, 7) is 4.79. The first-order chi connectivity index (χ1) is 12.6. The predicted octanol–water partition coefficient (Wildman–Crippen LogP) is 4.06. The number of nitrogens with one attached hydrogen (secondary N) is 1. The molecule has 3 heterocycles. The molecule has 5 nitrogen and oxygen atoms in total. The van der Waals surface area contributed by atoms with Crippen molar-refractivity contribution in [3.8, 4) is 0 Å². The maximum absolute atomic E-state index is 12.3. The molecule has 1 aliphatic rings. The maximum Gasteiger partial charge on any atom is 0.281 e. The number of rotatable bonds is 5. The minimum Gasteiger partial charge on any atom is -0.467 e. The van der Waals surface area contributed by atoms with E-state index in [9.17, 15) is 4.79 Å². The first-order valence-electron chi connectivity index (χ1n) is 8.76. The van der Waals surface area contributed by atoms with Gasteiger partial charge in [0.15, 0.2) is 0 Å². The summed E-state index contributed by atoms with van der Waals surface area (Å²) in [4.78, 5) is 14.4. The van der Waals surface area contributed by atoms with E-state index in [1.54, 1.807) is 23.8 Å². The second-order valence-corrected chi connectivity index (χ2v) is 7.74. The van der Waals surface area contributed by atoms with Crippen LogP contribution in [0.15, 0.2) is 40.0 Å². The summed E-state index contributed by atoms with van der Waals surface area (Å²) in [7, 11) is 0. The van der Waals surface area contributed by atoms with Gasteiger partial charge in [-0.25, -0.2) is 5.43 Å². The van der Waals surface area contributed by atoms with Crippen molar-refractivity contribution in [1.29, 1.82) is 0 Å². The summed E-state index contributed by atoms with van der Waals surface area (Å²) in [5.74, 6) is 0.777. The maximum atomic E-state index is 12.3. The van der Waals surface area contributed by atoms with Gasteiger partial charge in [-0.15, -0.1) is 11.3 Å². The Hall–Kier alpha value is -2.60. The molecule has 134 valence electrons. The van der Waals surface area contributed by atoms with Crippen LogP contribution in [0.1, 0.15) is 49.2 Å². The van der Waals surface area contributed by atoms with Gasteiger partial charge in [0.05, 0.1) is 23.9 Å². The Morgan fingerprint density at radius 3 is 3.04 bits per heavy atom. The van der Waals surface area contributed by atoms with Crippen LogP contribution >= 0.6 is 11.3 Å². The normalized spacial score (nSPS) is 13.5. The highest BCUT2D eigenvalue weighted by Gasteiger charge is 2.18. The fourth-order valence-electron chi connectivity index (χ4n) is 3.42. The number of hydrazone groups is 1. The Kier molecular flexibility index (Phi) is 4.51. The van der Waals surface area contributed by atoms with E-state index < -0.39 is 0 Å². The third-order valence-corrected chi connectivity index (χ3v) is 6.08. The lowest BCUT2D eigenvalue weighted by atomic mass is 10.2. The Morgan fingerprint density at radius 1 is 1.38 bits per heavy atom. The molecule has 0 saturated heterocycles. The van der Waals surface area contributed by atoms with Gasteiger partial charge in [-0.3, -0.25) is 4.79 Å². The molecule has 0 fully saturated rings. The summed E-state index contributed by atoms with van der Waals surface area (Å²) in [5, 5.41) is 4.16. The molecule has 0 bridgehead atoms. The number of aryl methyl sites for hydroxylation is 3. The first-order valence-corrected chi connectivity index (χ1v) is 9.57. The van der Waals surface area contributed by atoms with Crippen LogP contribution in [0.5, 0.6) is 0 Å². The van der Waals surface area contributed by atoms with Crippen molar-refractivity contribution in [2.45, 2.75) is 39.7 Å². The zero-order valence-electron chi connectivity index (χ0n) is 14.9. The van der Waals surface area contributed by atoms with Crippen LogP contribution in [0, 0.1) is 13.8 Å². The number of aromatic nitrogens is 1. The van der Waals surface area contributed by atoms with Crippen LogP contribution in [0.25, 0.3) is 0 Å². The quantitative estimate of drug-likeness (QED) is 0.546. The van der Waals surface area contributed by atoms with Gasteiger partial charge in [0, 0.05) is 21.8 Å². The number of thiophene rings is 1. The van der Waals surface area contributed by atoms with Gasteiger partial charge in [0.2, 0.25) is 0 Å². The Balaban J connectivity index is 1.44. The standard InChI is InChI=1S/C20H21N3O2S/c1-13-9-16(14(2)23(13)12-17-6-4-8-25-17)11-21-22-20(24)19-10-15-5-3-7-18(15)26-19/h4,6,8-11H,3,5,7,12H2,1-2H3,(H,22,24)/b21-11-. The smallest absolute Gasteiger partial charge is 0.281 e. The zero-order chi connectivity index (χ0) is 18.1. The lowest BCUT2D eigenvalue weighted by Crippen LogP contribution is -2.16. The fraction of sp³-hybridized carbons (Fsp3) is 0.300. The Bertz CT molecular complexity index is 942. The van der Waals surface area contributed by atoms with E-state index in [4.69, 9.17) is 4.42 Å². The molecule has 6 heteroatoms. The van der Waals surface area contributed by atoms with E-state index in [-0.39, 0.29) is 5.91 Å². The van der Waals surface area contributed by atoms with Crippen molar-refractivity contribution < 1.29 is 9.21 Å². The van der Waals surface area contributed by atoms with Gasteiger partial charge < -0.3 is 8.98 Å². The summed E-state index contributed by atoms with van der Waals surface area (Å²) in [6, 6.07) is 7.92. The number of carbonyl (C=O) groups is 1. The van der Waals surface area contributed by atoms with Crippen LogP contribution in [-0.4, -0.2) is 16.7 Å². The molecule has 0 saturated carbocycles. The minimum atomic E-state index is -0.134. The van der Waals surface area contributed by atoms with Crippen LogP contribution < -0.4 is 5.43 Å². The number of carbonyl (C=O) groups excluding carboxylic acids is 1. The molecule has 1 amide bonds. The van der Waals surface area contributed by atoms with Crippen LogP contribution in [0.2, 0.25) is 0 Å². The van der Waals surface area contributed by atoms with Crippen molar-refractivity contribution in [1.82, 2.24) is 9.99 Å². The lowest BCUT2D eigenvalue weighted by Gasteiger charge is -2.07. The summed E-state index contributed by atoms with van der Waals surface area (Å²) >= 11 is 1.59. The van der Waals surface area contributed by atoms with Crippen LogP contribution in [0.3, 0.4) is 0 Å². The molecular weight excluding hydrogens is 346 g/mol. The molecule has 0 aliphatic heterocycles. The lowest BCUT2D eigenvalue weighted by molar-refractivity contribution is 0.0959. The SMILES string of the molecule is Cc1cc(/C=N\NC(=O)c2cc3c(s2)CCC3)c(C)n1Cc1ccco1. The average molecular weight is 367 g/mol. The van der Waals surface area contributed by atoms with Crippen LogP contribution in [0.4, 0.5) is 0 Å². The van der Waals surface area contributed by atoms with Gasteiger partial charge in [-0.05, 0) is 62.9 Å². The number of fused-ring (bicyclic) bond motifs is 1. The van der Waals surface area contributed by atoms with Crippen molar-refractivity contribution in [3.63, 3.8) is 0 Å². The first kappa shape index (κ1) is 16.8. The van der Waals surface area contributed by atoms with E-state index in [0.29, 0.717) is 6.54 Å². The average Bonchev–Trinajstić information content (AvgIpc) is 3.36. The largest absolute Gasteiger partial charge is 0.467 e. The topological polar surface area (TPSA) is 59.5 Å². The van der Waals surface area contributed by atoms with Gasteiger partial charge >= 0.3 is 0 Å². The molecule has 0 atom stereocenters. The van der Waals surface area contributed by atoms with E-state index in [2.05, 4.69) is 28.1 Å². The second kappa shape index (κ2) is 6.96. The molecule has 0 unspecified atom stereocenters. The molecule has 0 radical (unpaired) electrons. The molecule has 26 heavy (non-hydrogen) atoms. The molecule has 1 aliphatic carbocycles. The number of hydrogen-bond acceptors (Lipinski definition) is 4. The minimum absolute atomic E-state index is 0.134. The molecule has 0 spiro atoms. The number of furan rings is 1. The molecule has 3 aromatic rings. The Morgan fingerprint density at radius 2 is 2.27 bits per heavy atom. The van der Waals surface area contributed by atoms with Crippen molar-refractivity contribution in [2.75, 3.05) is 0 Å². The monoisotopic (exact) mass is 367 g/mol. The van der Waals surface area contributed by atoms with Crippen LogP contribution in [-0.2, 0) is 19.4 Å². The van der Waals surface area contributed by atoms with Crippen molar-refractivity contribution in [3.05, 3.63) is 68.6 Å². The second-order valence-electron chi connectivity index (χ2n) is 6.60. The Labute approximate surface area is 156 Å². The molecule has 3 aromatic heterocycles. The van der Waals surface area contributed by atoms with Gasteiger partial charge in [-0.2, -0.15) is 5.10 Å². The number of amides is 1. The number of hydrogen-bond donors (Lipinski definition) is 1. The highest BCUT2D eigenvalue weighted by atomic mass is 32.1. The molecular formula is C20H21N3O2S. The highest BCUT2D eigenvalue weighted by Crippen LogP contribution is 2.30. The number of nitrogens with zero attached hydrogens (tertiary/aromatic N) is 2. The van der Waals surface area contributed by atoms with Gasteiger partial charge in [-0.1, -0.05) is 0 Å². The summed E-state index contributed by atoms with van der Waals surface area (Å²) < 4.78 is 7.61. The van der Waals surface area contributed by atoms with E-state index >= 15 is 0 Å². The third kappa shape index (κ3) is 3.24. The molecule has 0 aromatic carbocycles. The third-order valence-electron chi connectivity index (χ3n) is 4.85. The van der Waals surface area contributed by atoms with Gasteiger partial charge in [0.25, 0.3) is 5.91 Å². The van der Waals surface area contributed by atoms with E-state index in [1.807, 2.05) is 25.1 Å². The fourth-order valence-corrected chi connectivity index (χ4v) is 4.56. The molecule has 1 N–H and O–H groups in total. The summed E-state index contributed by atoms with van der Waals surface area (Å²) in [5.41, 5.74) is 7.18. The summed E-state index contributed by atoms with van der Waals surface area (Å²) in [6.07, 6.45) is 6.78. The van der Waals surface area contributed by atoms with E-state index in [1.165, 1.54) is 16.9 Å². The predicted molar refractivity (Wildman–Crippen MR) is 103 cm³/mol. The zero-order valence-corrected chi connectivity index (χ0v) is 15.7. The molecule has 4 rings (SSSR count). The van der Waals surface area contributed by atoms with Crippen molar-refractivity contribution in [2.24, 2.45) is 5.10 Å². The highest BCUT2D eigenvalue weighted by molar-refractivity contribution is 7.14. The van der Waals surface area contributed by atoms with Gasteiger partial charge in [0.1, 0.15) is 5.76 Å². The van der Waals surface area contributed by atoms with Crippen molar-refractivity contribution >= 4 is 23.5 Å².